The number of likely N-dealkylation sites (N-methyl/N-ethyl adjacent to an activating group) is 1. The van der Waals surface area contributed by atoms with Crippen molar-refractivity contribution in [1.29, 1.82) is 0 Å². The molecular formula is C14H20N4O3. The van der Waals surface area contributed by atoms with E-state index in [0.717, 1.165) is 11.1 Å². The Morgan fingerprint density at radius 3 is 2.86 bits per heavy atom. The van der Waals surface area contributed by atoms with Crippen LogP contribution in [0.25, 0.3) is 11.0 Å². The summed E-state index contributed by atoms with van der Waals surface area (Å²) in [5.74, 6) is -0.421. The van der Waals surface area contributed by atoms with Crippen molar-refractivity contribution in [1.82, 2.24) is 14.8 Å². The molecule has 0 saturated carbocycles. The highest BCUT2D eigenvalue weighted by atomic mass is 16.5. The average molecular weight is 292 g/mol. The van der Waals surface area contributed by atoms with Crippen LogP contribution < -0.4 is 4.90 Å². The van der Waals surface area contributed by atoms with Gasteiger partial charge in [0.1, 0.15) is 5.56 Å². The molecule has 0 aliphatic heterocycles. The molecule has 2 aromatic rings. The Hall–Kier alpha value is -2.15. The number of aliphatic hydroxyl groups excluding tert-OH is 1. The van der Waals surface area contributed by atoms with E-state index in [0.29, 0.717) is 30.0 Å². The maximum Gasteiger partial charge on any atom is 0.341 e. The normalized spacial score (nSPS) is 10.9. The fourth-order valence-electron chi connectivity index (χ4n) is 2.41. The molecular weight excluding hydrogens is 272 g/mol. The Bertz CT molecular complexity index is 666. The summed E-state index contributed by atoms with van der Waals surface area (Å²) in [7, 11) is 3.63. The van der Waals surface area contributed by atoms with E-state index < -0.39 is 5.97 Å². The number of ether oxygens (including phenoxy) is 1. The first kappa shape index (κ1) is 15.2. The van der Waals surface area contributed by atoms with Crippen LogP contribution in [-0.2, 0) is 11.8 Å². The van der Waals surface area contributed by atoms with Gasteiger partial charge in [0.2, 0.25) is 0 Å². The number of hydrogen-bond donors (Lipinski definition) is 1. The first-order valence-electron chi connectivity index (χ1n) is 6.82. The molecule has 0 saturated heterocycles. The number of carbonyl (C=O) groups excluding carboxylic acids is 1. The van der Waals surface area contributed by atoms with E-state index in [1.54, 1.807) is 11.6 Å². The molecule has 0 fully saturated rings. The fraction of sp³-hybridized carbons (Fsp3) is 0.500. The Kier molecular flexibility index (Phi) is 4.42. The molecule has 7 nitrogen and oxygen atoms in total. The van der Waals surface area contributed by atoms with Gasteiger partial charge in [0.25, 0.3) is 0 Å². The summed E-state index contributed by atoms with van der Waals surface area (Å²) < 4.78 is 6.77. The SMILES string of the molecule is CCOC(=O)c1cnc2c(c(C)nn2C)c1N(C)CCO. The quantitative estimate of drug-likeness (QED) is 0.824. The van der Waals surface area contributed by atoms with Crippen LogP contribution in [-0.4, -0.2) is 52.6 Å². The van der Waals surface area contributed by atoms with E-state index >= 15 is 0 Å². The number of aliphatic hydroxyl groups is 1. The number of pyridine rings is 1. The first-order chi connectivity index (χ1) is 10.0. The third kappa shape index (κ3) is 2.69. The Balaban J connectivity index is 2.71. The molecule has 0 aromatic carbocycles. The molecule has 7 heteroatoms. The maximum absolute atomic E-state index is 12.2. The van der Waals surface area contributed by atoms with Gasteiger partial charge in [0, 0.05) is 26.8 Å². The van der Waals surface area contributed by atoms with Gasteiger partial charge < -0.3 is 14.7 Å². The molecule has 1 N–H and O–H groups in total. The molecule has 0 unspecified atom stereocenters. The molecule has 0 spiro atoms. The van der Waals surface area contributed by atoms with Gasteiger partial charge in [0.15, 0.2) is 5.65 Å². The molecule has 0 amide bonds. The first-order valence-corrected chi connectivity index (χ1v) is 6.82. The van der Waals surface area contributed by atoms with E-state index in [1.165, 1.54) is 6.20 Å². The number of fused-ring (bicyclic) bond motifs is 1. The zero-order valence-electron chi connectivity index (χ0n) is 12.8. The molecule has 0 aliphatic carbocycles. The van der Waals surface area contributed by atoms with Crippen molar-refractivity contribution in [2.45, 2.75) is 13.8 Å². The highest BCUT2D eigenvalue weighted by molar-refractivity contribution is 6.05. The van der Waals surface area contributed by atoms with Crippen molar-refractivity contribution < 1.29 is 14.6 Å². The second-order valence-electron chi connectivity index (χ2n) is 4.79. The molecule has 0 radical (unpaired) electrons. The van der Waals surface area contributed by atoms with Gasteiger partial charge in [-0.2, -0.15) is 5.10 Å². The fourth-order valence-corrected chi connectivity index (χ4v) is 2.41. The van der Waals surface area contributed by atoms with Crippen molar-refractivity contribution in [3.05, 3.63) is 17.5 Å². The van der Waals surface area contributed by atoms with E-state index in [4.69, 9.17) is 4.74 Å². The number of rotatable bonds is 5. The Morgan fingerprint density at radius 1 is 1.52 bits per heavy atom. The van der Waals surface area contributed by atoms with Gasteiger partial charge in [-0.3, -0.25) is 4.68 Å². The number of aromatic nitrogens is 3. The maximum atomic E-state index is 12.2. The lowest BCUT2D eigenvalue weighted by Crippen LogP contribution is -2.24. The minimum absolute atomic E-state index is 0.0120. The predicted molar refractivity (Wildman–Crippen MR) is 79.6 cm³/mol. The number of anilines is 1. The van der Waals surface area contributed by atoms with Gasteiger partial charge >= 0.3 is 5.97 Å². The molecule has 2 aromatic heterocycles. The van der Waals surface area contributed by atoms with E-state index in [1.807, 2.05) is 25.9 Å². The Labute approximate surface area is 123 Å². The zero-order valence-corrected chi connectivity index (χ0v) is 12.8. The lowest BCUT2D eigenvalue weighted by Gasteiger charge is -2.21. The monoisotopic (exact) mass is 292 g/mol. The third-order valence-corrected chi connectivity index (χ3v) is 3.31. The zero-order chi connectivity index (χ0) is 15.6. The molecule has 2 heterocycles. The predicted octanol–water partition coefficient (Wildman–Crippen LogP) is 0.882. The van der Waals surface area contributed by atoms with Crippen molar-refractivity contribution in [3.63, 3.8) is 0 Å². The number of nitrogens with zero attached hydrogens (tertiary/aromatic N) is 4. The summed E-state index contributed by atoms with van der Waals surface area (Å²) in [6, 6.07) is 0. The number of aryl methyl sites for hydroxylation is 2. The highest BCUT2D eigenvalue weighted by Crippen LogP contribution is 2.31. The van der Waals surface area contributed by atoms with Crippen LogP contribution in [0.1, 0.15) is 23.0 Å². The van der Waals surface area contributed by atoms with Crippen LogP contribution in [0.15, 0.2) is 6.20 Å². The van der Waals surface area contributed by atoms with Crippen LogP contribution in [0, 0.1) is 6.92 Å². The molecule has 0 aliphatic rings. The summed E-state index contributed by atoms with van der Waals surface area (Å²) in [6.07, 6.45) is 1.50. The number of hydrogen-bond acceptors (Lipinski definition) is 6. The molecule has 114 valence electrons. The second kappa shape index (κ2) is 6.09. The minimum Gasteiger partial charge on any atom is -0.462 e. The smallest absolute Gasteiger partial charge is 0.341 e. The lowest BCUT2D eigenvalue weighted by atomic mass is 10.1. The van der Waals surface area contributed by atoms with Crippen LogP contribution in [0.2, 0.25) is 0 Å². The van der Waals surface area contributed by atoms with E-state index in [9.17, 15) is 9.90 Å². The molecule has 0 bridgehead atoms. The summed E-state index contributed by atoms with van der Waals surface area (Å²) in [5.41, 5.74) is 2.56. The number of esters is 1. The molecule has 2 rings (SSSR count). The third-order valence-electron chi connectivity index (χ3n) is 3.31. The summed E-state index contributed by atoms with van der Waals surface area (Å²) >= 11 is 0. The van der Waals surface area contributed by atoms with E-state index in [-0.39, 0.29) is 6.61 Å². The van der Waals surface area contributed by atoms with Gasteiger partial charge in [-0.1, -0.05) is 0 Å². The van der Waals surface area contributed by atoms with Crippen molar-refractivity contribution in [2.75, 3.05) is 31.7 Å². The Morgan fingerprint density at radius 2 is 2.24 bits per heavy atom. The van der Waals surface area contributed by atoms with Crippen LogP contribution in [0.5, 0.6) is 0 Å². The van der Waals surface area contributed by atoms with Gasteiger partial charge in [-0.25, -0.2) is 9.78 Å². The van der Waals surface area contributed by atoms with Crippen molar-refractivity contribution in [2.24, 2.45) is 7.05 Å². The van der Waals surface area contributed by atoms with Crippen LogP contribution in [0.4, 0.5) is 5.69 Å². The summed E-state index contributed by atoms with van der Waals surface area (Å²) in [6.45, 7) is 4.32. The largest absolute Gasteiger partial charge is 0.462 e. The summed E-state index contributed by atoms with van der Waals surface area (Å²) in [5, 5.41) is 14.3. The van der Waals surface area contributed by atoms with Gasteiger partial charge in [-0.05, 0) is 13.8 Å². The topological polar surface area (TPSA) is 80.5 Å². The van der Waals surface area contributed by atoms with E-state index in [2.05, 4.69) is 10.1 Å². The minimum atomic E-state index is -0.421. The standard InChI is InChI=1S/C14H20N4O3/c1-5-21-14(20)10-8-15-13-11(9(2)16-18(13)4)12(10)17(3)6-7-19/h8,19H,5-7H2,1-4H3. The second-order valence-corrected chi connectivity index (χ2v) is 4.79. The van der Waals surface area contributed by atoms with Crippen LogP contribution in [0.3, 0.4) is 0 Å². The van der Waals surface area contributed by atoms with Crippen molar-refractivity contribution in [3.8, 4) is 0 Å². The average Bonchev–Trinajstić information content (AvgIpc) is 2.73. The van der Waals surface area contributed by atoms with Gasteiger partial charge in [-0.15, -0.1) is 0 Å². The van der Waals surface area contributed by atoms with Gasteiger partial charge in [0.05, 0.1) is 30.0 Å². The molecule has 0 atom stereocenters. The summed E-state index contributed by atoms with van der Waals surface area (Å²) in [4.78, 5) is 18.3. The number of carbonyl (C=O) groups is 1. The highest BCUT2D eigenvalue weighted by Gasteiger charge is 2.22. The molecule has 21 heavy (non-hydrogen) atoms. The van der Waals surface area contributed by atoms with Crippen molar-refractivity contribution >= 4 is 22.7 Å². The lowest BCUT2D eigenvalue weighted by molar-refractivity contribution is 0.0526. The van der Waals surface area contributed by atoms with Crippen LogP contribution >= 0.6 is 0 Å².